The molecule has 0 aliphatic carbocycles. The van der Waals surface area contributed by atoms with Crippen molar-refractivity contribution in [3.63, 3.8) is 0 Å². The van der Waals surface area contributed by atoms with Crippen LogP contribution in [0.5, 0.6) is 0 Å². The molecule has 0 aliphatic rings. The molecule has 0 atom stereocenters. The van der Waals surface area contributed by atoms with Gasteiger partial charge in [-0.2, -0.15) is 0 Å². The highest BCUT2D eigenvalue weighted by Gasteiger charge is 2.06. The van der Waals surface area contributed by atoms with E-state index in [2.05, 4.69) is 37.2 Å². The number of halogens is 2. The normalized spacial score (nSPS) is 10.1. The molecule has 2 rings (SSSR count). The maximum Gasteiger partial charge on any atom is 0.106 e. The van der Waals surface area contributed by atoms with Crippen molar-refractivity contribution in [1.82, 2.24) is 0 Å². The molecule has 0 bridgehead atoms. The van der Waals surface area contributed by atoms with Gasteiger partial charge in [-0.15, -0.1) is 0 Å². The summed E-state index contributed by atoms with van der Waals surface area (Å²) >= 11 is 11.9. The average molecular weight is 386 g/mol. The minimum atomic E-state index is 0.369. The van der Waals surface area contributed by atoms with E-state index in [0.29, 0.717) is 4.99 Å². The van der Waals surface area contributed by atoms with E-state index in [1.54, 1.807) is 0 Å². The third-order valence-corrected chi connectivity index (χ3v) is 3.56. The first-order chi connectivity index (χ1) is 8.56. The van der Waals surface area contributed by atoms with Gasteiger partial charge in [0.15, 0.2) is 0 Å². The summed E-state index contributed by atoms with van der Waals surface area (Å²) in [4.78, 5) is 0.369. The Balaban J connectivity index is 2.37. The maximum absolute atomic E-state index is 5.73. The first-order valence-electron chi connectivity index (χ1n) is 5.18. The molecule has 0 heterocycles. The lowest BCUT2D eigenvalue weighted by Gasteiger charge is -2.12. The highest BCUT2D eigenvalue weighted by molar-refractivity contribution is 9.10. The van der Waals surface area contributed by atoms with Crippen LogP contribution in [0.3, 0.4) is 0 Å². The molecule has 0 amide bonds. The molecule has 0 aliphatic heterocycles. The van der Waals surface area contributed by atoms with Crippen LogP contribution in [-0.4, -0.2) is 4.99 Å². The van der Waals surface area contributed by atoms with Crippen LogP contribution in [-0.2, 0) is 0 Å². The molecule has 0 fully saturated rings. The van der Waals surface area contributed by atoms with Gasteiger partial charge >= 0.3 is 0 Å². The van der Waals surface area contributed by atoms with Crippen LogP contribution in [0.25, 0.3) is 0 Å². The Bertz CT molecular complexity index is 599. The molecule has 18 heavy (non-hydrogen) atoms. The third-order valence-electron chi connectivity index (χ3n) is 2.35. The van der Waals surface area contributed by atoms with Gasteiger partial charge in [0.1, 0.15) is 4.99 Å². The number of nitrogens with one attached hydrogen (secondary N) is 1. The average Bonchev–Trinajstić information content (AvgIpc) is 2.31. The van der Waals surface area contributed by atoms with Crippen molar-refractivity contribution in [2.24, 2.45) is 5.73 Å². The Hall–Kier alpha value is -0.910. The molecule has 5 heteroatoms. The number of rotatable bonds is 3. The fourth-order valence-corrected chi connectivity index (χ4v) is 2.48. The van der Waals surface area contributed by atoms with Gasteiger partial charge in [-0.1, -0.05) is 50.1 Å². The lowest BCUT2D eigenvalue weighted by Crippen LogP contribution is -2.11. The molecule has 2 aromatic rings. The summed E-state index contributed by atoms with van der Waals surface area (Å²) in [5.74, 6) is 0. The van der Waals surface area contributed by atoms with E-state index in [4.69, 9.17) is 18.0 Å². The molecule has 2 nitrogen and oxygen atoms in total. The van der Waals surface area contributed by atoms with Crippen LogP contribution in [0.2, 0.25) is 0 Å². The van der Waals surface area contributed by atoms with Crippen molar-refractivity contribution in [3.05, 3.63) is 57.0 Å². The van der Waals surface area contributed by atoms with Crippen LogP contribution in [0.15, 0.2) is 51.4 Å². The van der Waals surface area contributed by atoms with Crippen molar-refractivity contribution in [2.75, 3.05) is 5.32 Å². The topological polar surface area (TPSA) is 38.0 Å². The van der Waals surface area contributed by atoms with E-state index in [0.717, 1.165) is 25.9 Å². The number of benzene rings is 2. The Kier molecular flexibility index (Phi) is 4.37. The SMILES string of the molecule is NC(=S)c1cc(Br)ccc1Nc1cccc(Br)c1. The van der Waals surface area contributed by atoms with Crippen LogP contribution in [0, 0.1) is 0 Å². The standard InChI is InChI=1S/C13H10Br2N2S/c14-8-2-1-3-10(6-8)17-12-5-4-9(15)7-11(12)13(16)18/h1-7,17H,(H2,16,18). The summed E-state index contributed by atoms with van der Waals surface area (Å²) in [5, 5.41) is 3.30. The van der Waals surface area contributed by atoms with Crippen LogP contribution in [0.1, 0.15) is 5.56 Å². The zero-order chi connectivity index (χ0) is 13.1. The highest BCUT2D eigenvalue weighted by atomic mass is 79.9. The number of anilines is 2. The summed E-state index contributed by atoms with van der Waals surface area (Å²) in [5.41, 5.74) is 8.42. The number of thiocarbonyl (C=S) groups is 1. The van der Waals surface area contributed by atoms with Gasteiger partial charge in [0.25, 0.3) is 0 Å². The number of hydrogen-bond donors (Lipinski definition) is 2. The van der Waals surface area contributed by atoms with Crippen molar-refractivity contribution < 1.29 is 0 Å². The van der Waals surface area contributed by atoms with Gasteiger partial charge in [-0.3, -0.25) is 0 Å². The van der Waals surface area contributed by atoms with Crippen LogP contribution in [0.4, 0.5) is 11.4 Å². The predicted molar refractivity (Wildman–Crippen MR) is 87.5 cm³/mol. The highest BCUT2D eigenvalue weighted by Crippen LogP contribution is 2.25. The first kappa shape index (κ1) is 13.5. The lowest BCUT2D eigenvalue weighted by molar-refractivity contribution is 1.50. The van der Waals surface area contributed by atoms with Crippen molar-refractivity contribution in [1.29, 1.82) is 0 Å². The Labute approximate surface area is 128 Å². The summed E-state index contributed by atoms with van der Waals surface area (Å²) in [6.45, 7) is 0. The Morgan fingerprint density at radius 2 is 1.78 bits per heavy atom. The second-order valence-electron chi connectivity index (χ2n) is 3.69. The van der Waals surface area contributed by atoms with Crippen molar-refractivity contribution in [2.45, 2.75) is 0 Å². The Morgan fingerprint density at radius 1 is 1.06 bits per heavy atom. The third kappa shape index (κ3) is 3.31. The molecule has 3 N–H and O–H groups in total. The molecule has 2 aromatic carbocycles. The van der Waals surface area contributed by atoms with Crippen molar-refractivity contribution in [3.8, 4) is 0 Å². The Morgan fingerprint density at radius 3 is 2.44 bits per heavy atom. The summed E-state index contributed by atoms with van der Waals surface area (Å²) in [7, 11) is 0. The van der Waals surface area contributed by atoms with Gasteiger partial charge in [0.2, 0.25) is 0 Å². The van der Waals surface area contributed by atoms with Gasteiger partial charge in [0.05, 0.1) is 0 Å². The summed E-state index contributed by atoms with van der Waals surface area (Å²) < 4.78 is 1.96. The maximum atomic E-state index is 5.73. The minimum absolute atomic E-state index is 0.369. The molecule has 0 radical (unpaired) electrons. The zero-order valence-electron chi connectivity index (χ0n) is 9.28. The van der Waals surface area contributed by atoms with Gasteiger partial charge in [0, 0.05) is 25.9 Å². The summed E-state index contributed by atoms with van der Waals surface area (Å²) in [6.07, 6.45) is 0. The predicted octanol–water partition coefficient (Wildman–Crippen LogP) is 4.59. The molecule has 0 saturated carbocycles. The number of hydrogen-bond acceptors (Lipinski definition) is 2. The molecule has 92 valence electrons. The minimum Gasteiger partial charge on any atom is -0.389 e. The van der Waals surface area contributed by atoms with E-state index in [1.807, 2.05) is 42.5 Å². The molecular weight excluding hydrogens is 376 g/mol. The number of nitrogens with two attached hydrogens (primary N) is 1. The van der Waals surface area contributed by atoms with Crippen LogP contribution >= 0.6 is 44.1 Å². The van der Waals surface area contributed by atoms with Gasteiger partial charge in [-0.05, 0) is 36.4 Å². The lowest BCUT2D eigenvalue weighted by atomic mass is 10.1. The van der Waals surface area contributed by atoms with E-state index >= 15 is 0 Å². The fourth-order valence-electron chi connectivity index (χ4n) is 1.55. The van der Waals surface area contributed by atoms with Gasteiger partial charge < -0.3 is 11.1 Å². The van der Waals surface area contributed by atoms with Crippen molar-refractivity contribution >= 4 is 60.4 Å². The second-order valence-corrected chi connectivity index (χ2v) is 5.96. The smallest absolute Gasteiger partial charge is 0.106 e. The van der Waals surface area contributed by atoms with Crippen LogP contribution < -0.4 is 11.1 Å². The largest absolute Gasteiger partial charge is 0.389 e. The second kappa shape index (κ2) is 5.82. The molecule has 0 aromatic heterocycles. The molecule has 0 spiro atoms. The first-order valence-corrected chi connectivity index (χ1v) is 7.17. The molecule has 0 saturated heterocycles. The van der Waals surface area contributed by atoms with E-state index in [1.165, 1.54) is 0 Å². The quantitative estimate of drug-likeness (QED) is 0.759. The zero-order valence-corrected chi connectivity index (χ0v) is 13.3. The fraction of sp³-hybridized carbons (Fsp3) is 0. The summed E-state index contributed by atoms with van der Waals surface area (Å²) in [6, 6.07) is 13.7. The monoisotopic (exact) mass is 384 g/mol. The van der Waals surface area contributed by atoms with E-state index in [9.17, 15) is 0 Å². The van der Waals surface area contributed by atoms with Gasteiger partial charge in [-0.25, -0.2) is 0 Å². The molecular formula is C13H10Br2N2S. The van der Waals surface area contributed by atoms with E-state index < -0.39 is 0 Å². The van der Waals surface area contributed by atoms with E-state index in [-0.39, 0.29) is 0 Å². The molecule has 0 unspecified atom stereocenters.